The van der Waals surface area contributed by atoms with Crippen molar-refractivity contribution in [3.05, 3.63) is 47.7 Å². The molecule has 1 aliphatic rings. The fourth-order valence-corrected chi connectivity index (χ4v) is 2.46. The number of hydrogen-bond donors (Lipinski definition) is 1. The van der Waals surface area contributed by atoms with E-state index in [4.69, 9.17) is 9.47 Å². The molecule has 0 radical (unpaired) electrons. The van der Waals surface area contributed by atoms with Crippen LogP contribution in [0.25, 0.3) is 0 Å². The van der Waals surface area contributed by atoms with Crippen LogP contribution in [0.1, 0.15) is 25.3 Å². The number of ether oxygens (including phenoxy) is 2. The summed E-state index contributed by atoms with van der Waals surface area (Å²) >= 11 is 0. The molecule has 1 aliphatic heterocycles. The van der Waals surface area contributed by atoms with Crippen molar-refractivity contribution in [2.75, 3.05) is 6.61 Å². The van der Waals surface area contributed by atoms with Gasteiger partial charge in [-0.05, 0) is 18.9 Å². The average molecular weight is 316 g/mol. The summed E-state index contributed by atoms with van der Waals surface area (Å²) in [6, 6.07) is 8.12. The molecule has 3 nitrogen and oxygen atoms in total. The summed E-state index contributed by atoms with van der Waals surface area (Å²) in [6.07, 6.45) is -4.51. The topological polar surface area (TPSA) is 38.7 Å². The Morgan fingerprint density at radius 3 is 2.45 bits per heavy atom. The lowest BCUT2D eigenvalue weighted by molar-refractivity contribution is -0.247. The first-order valence-corrected chi connectivity index (χ1v) is 7.16. The highest BCUT2D eigenvalue weighted by Crippen LogP contribution is 2.42. The van der Waals surface area contributed by atoms with Crippen LogP contribution in [-0.2, 0) is 15.9 Å². The number of alkyl halides is 3. The zero-order chi connectivity index (χ0) is 16.2. The van der Waals surface area contributed by atoms with E-state index in [0.29, 0.717) is 12.2 Å². The first-order valence-electron chi connectivity index (χ1n) is 7.16. The molecule has 1 heterocycles. The van der Waals surface area contributed by atoms with E-state index in [1.807, 2.05) is 0 Å². The van der Waals surface area contributed by atoms with Gasteiger partial charge >= 0.3 is 6.18 Å². The molecule has 0 saturated heterocycles. The molecule has 0 amide bonds. The third-order valence-corrected chi connectivity index (χ3v) is 3.67. The van der Waals surface area contributed by atoms with Crippen LogP contribution in [0.15, 0.2) is 42.2 Å². The van der Waals surface area contributed by atoms with Crippen molar-refractivity contribution in [3.8, 4) is 0 Å². The van der Waals surface area contributed by atoms with Crippen molar-refractivity contribution in [1.82, 2.24) is 0 Å². The summed E-state index contributed by atoms with van der Waals surface area (Å²) in [5.74, 6) is 0. The van der Waals surface area contributed by atoms with Crippen LogP contribution in [0.3, 0.4) is 0 Å². The maximum Gasteiger partial charge on any atom is 0.421 e. The van der Waals surface area contributed by atoms with Crippen LogP contribution in [0, 0.1) is 0 Å². The summed E-state index contributed by atoms with van der Waals surface area (Å²) in [6.45, 7) is 2.20. The highest BCUT2D eigenvalue weighted by atomic mass is 19.4. The maximum atomic E-state index is 13.4. The SMILES string of the molecule is CCO[C@H]1CCC([C@](O)(Cc2ccccc2)C(F)(F)F)=CO1. The van der Waals surface area contributed by atoms with Crippen LogP contribution in [0.2, 0.25) is 0 Å². The van der Waals surface area contributed by atoms with Gasteiger partial charge in [-0.1, -0.05) is 30.3 Å². The molecule has 0 aliphatic carbocycles. The van der Waals surface area contributed by atoms with Crippen molar-refractivity contribution < 1.29 is 27.8 Å². The first-order chi connectivity index (χ1) is 10.4. The van der Waals surface area contributed by atoms with Gasteiger partial charge in [-0.25, -0.2) is 0 Å². The Bertz CT molecular complexity index is 513. The molecule has 1 aromatic carbocycles. The molecule has 6 heteroatoms. The summed E-state index contributed by atoms with van der Waals surface area (Å²) in [7, 11) is 0. The van der Waals surface area contributed by atoms with Gasteiger partial charge in [0.15, 0.2) is 11.9 Å². The Morgan fingerprint density at radius 2 is 1.95 bits per heavy atom. The maximum absolute atomic E-state index is 13.4. The van der Waals surface area contributed by atoms with E-state index < -0.39 is 24.5 Å². The lowest BCUT2D eigenvalue weighted by Crippen LogP contribution is -2.49. The zero-order valence-corrected chi connectivity index (χ0v) is 12.3. The van der Waals surface area contributed by atoms with E-state index in [1.54, 1.807) is 37.3 Å². The fraction of sp³-hybridized carbons (Fsp3) is 0.500. The van der Waals surface area contributed by atoms with Crippen molar-refractivity contribution in [3.63, 3.8) is 0 Å². The molecule has 22 heavy (non-hydrogen) atoms. The van der Waals surface area contributed by atoms with Crippen LogP contribution in [0.5, 0.6) is 0 Å². The number of rotatable bonds is 5. The van der Waals surface area contributed by atoms with E-state index >= 15 is 0 Å². The second-order valence-corrected chi connectivity index (χ2v) is 5.22. The molecule has 0 saturated carbocycles. The highest BCUT2D eigenvalue weighted by Gasteiger charge is 2.56. The monoisotopic (exact) mass is 316 g/mol. The normalized spacial score (nSPS) is 21.7. The zero-order valence-electron chi connectivity index (χ0n) is 12.3. The number of halogens is 3. The van der Waals surface area contributed by atoms with Crippen molar-refractivity contribution in [1.29, 1.82) is 0 Å². The van der Waals surface area contributed by atoms with Crippen molar-refractivity contribution in [2.24, 2.45) is 0 Å². The minimum absolute atomic E-state index is 0.0769. The Hall–Kier alpha value is -1.53. The van der Waals surface area contributed by atoms with Crippen LogP contribution >= 0.6 is 0 Å². The Kier molecular flexibility index (Phi) is 5.13. The first kappa shape index (κ1) is 16.8. The van der Waals surface area contributed by atoms with Crippen molar-refractivity contribution >= 4 is 0 Å². The molecule has 1 aromatic rings. The quantitative estimate of drug-likeness (QED) is 0.902. The van der Waals surface area contributed by atoms with Gasteiger partial charge in [0, 0.05) is 25.0 Å². The van der Waals surface area contributed by atoms with Gasteiger partial charge in [0.1, 0.15) is 0 Å². The molecular formula is C16H19F3O3. The molecule has 0 unspecified atom stereocenters. The van der Waals surface area contributed by atoms with Gasteiger partial charge in [0.25, 0.3) is 0 Å². The third kappa shape index (κ3) is 3.62. The Labute approximate surface area is 127 Å². The standard InChI is InChI=1S/C16H19F3O3/c1-2-21-14-9-8-13(11-22-14)15(20,16(17,18)19)10-12-6-4-3-5-7-12/h3-7,11,14,20H,2,8-10H2,1H3/t14-,15-/m1/s1. The largest absolute Gasteiger partial charge is 0.472 e. The molecule has 0 spiro atoms. The number of benzene rings is 1. The molecule has 2 atom stereocenters. The molecular weight excluding hydrogens is 297 g/mol. The second kappa shape index (κ2) is 6.71. The van der Waals surface area contributed by atoms with Crippen LogP contribution in [0.4, 0.5) is 13.2 Å². The summed E-state index contributed by atoms with van der Waals surface area (Å²) in [4.78, 5) is 0. The summed E-state index contributed by atoms with van der Waals surface area (Å²) in [5.41, 5.74) is -2.68. The summed E-state index contributed by atoms with van der Waals surface area (Å²) in [5, 5.41) is 10.3. The van der Waals surface area contributed by atoms with E-state index in [9.17, 15) is 18.3 Å². The number of aliphatic hydroxyl groups is 1. The minimum Gasteiger partial charge on any atom is -0.472 e. The predicted molar refractivity (Wildman–Crippen MR) is 75.0 cm³/mol. The fourth-order valence-electron chi connectivity index (χ4n) is 2.46. The third-order valence-electron chi connectivity index (χ3n) is 3.67. The van der Waals surface area contributed by atoms with Gasteiger partial charge in [-0.3, -0.25) is 0 Å². The summed E-state index contributed by atoms with van der Waals surface area (Å²) < 4.78 is 50.7. The molecule has 2 rings (SSSR count). The van der Waals surface area contributed by atoms with E-state index in [1.165, 1.54) is 0 Å². The highest BCUT2D eigenvalue weighted by molar-refractivity contribution is 5.27. The van der Waals surface area contributed by atoms with E-state index in [2.05, 4.69) is 0 Å². The Morgan fingerprint density at radius 1 is 1.27 bits per heavy atom. The molecule has 1 N–H and O–H groups in total. The molecule has 0 bridgehead atoms. The molecule has 122 valence electrons. The van der Waals surface area contributed by atoms with Gasteiger partial charge < -0.3 is 14.6 Å². The van der Waals surface area contributed by atoms with Crippen molar-refractivity contribution in [2.45, 2.75) is 44.3 Å². The van der Waals surface area contributed by atoms with Crippen LogP contribution in [-0.4, -0.2) is 29.8 Å². The van der Waals surface area contributed by atoms with E-state index in [-0.39, 0.29) is 18.4 Å². The van der Waals surface area contributed by atoms with E-state index in [0.717, 1.165) is 6.26 Å². The smallest absolute Gasteiger partial charge is 0.421 e. The average Bonchev–Trinajstić information content (AvgIpc) is 2.48. The minimum atomic E-state index is -4.78. The Balaban J connectivity index is 2.23. The predicted octanol–water partition coefficient (Wildman–Crippen LogP) is 3.58. The lowest BCUT2D eigenvalue weighted by atomic mass is 9.84. The number of hydrogen-bond acceptors (Lipinski definition) is 3. The van der Waals surface area contributed by atoms with Crippen LogP contribution < -0.4 is 0 Å². The van der Waals surface area contributed by atoms with Gasteiger partial charge in [-0.15, -0.1) is 0 Å². The lowest BCUT2D eigenvalue weighted by Gasteiger charge is -2.35. The molecule has 0 aromatic heterocycles. The van der Waals surface area contributed by atoms with Gasteiger partial charge in [0.2, 0.25) is 0 Å². The molecule has 0 fully saturated rings. The second-order valence-electron chi connectivity index (χ2n) is 5.22. The van der Waals surface area contributed by atoms with Gasteiger partial charge in [0.05, 0.1) is 6.26 Å². The van der Waals surface area contributed by atoms with Gasteiger partial charge in [-0.2, -0.15) is 13.2 Å².